The third-order valence-electron chi connectivity index (χ3n) is 3.44. The van der Waals surface area contributed by atoms with Crippen molar-refractivity contribution in [3.05, 3.63) is 48.7 Å². The van der Waals surface area contributed by atoms with Crippen LogP contribution in [0.4, 0.5) is 5.69 Å². The Morgan fingerprint density at radius 2 is 1.79 bits per heavy atom. The number of nitrogens with zero attached hydrogens (tertiary/aromatic N) is 3. The molecule has 0 radical (unpaired) electrons. The van der Waals surface area contributed by atoms with Gasteiger partial charge in [-0.15, -0.1) is 0 Å². The van der Waals surface area contributed by atoms with Crippen molar-refractivity contribution in [2.24, 2.45) is 7.05 Å². The molecule has 96 valence electrons. The minimum atomic E-state index is 1.16. The molecule has 0 saturated carbocycles. The second-order valence-electron chi connectivity index (χ2n) is 4.99. The van der Waals surface area contributed by atoms with Crippen molar-refractivity contribution in [1.29, 1.82) is 0 Å². The van der Waals surface area contributed by atoms with E-state index in [0.29, 0.717) is 0 Å². The Bertz CT molecular complexity index is 726. The van der Waals surface area contributed by atoms with Gasteiger partial charge < -0.3 is 4.90 Å². The van der Waals surface area contributed by atoms with Crippen LogP contribution in [0.3, 0.4) is 0 Å². The highest BCUT2D eigenvalue weighted by Gasteiger charge is 2.04. The van der Waals surface area contributed by atoms with Crippen LogP contribution in [0.2, 0.25) is 0 Å². The van der Waals surface area contributed by atoms with Crippen LogP contribution in [-0.2, 0) is 7.05 Å². The van der Waals surface area contributed by atoms with E-state index in [1.165, 1.54) is 22.2 Å². The van der Waals surface area contributed by atoms with Gasteiger partial charge in [0, 0.05) is 32.2 Å². The normalized spacial score (nSPS) is 10.9. The highest BCUT2D eigenvalue weighted by Crippen LogP contribution is 2.26. The second-order valence-corrected chi connectivity index (χ2v) is 4.99. The van der Waals surface area contributed by atoms with Gasteiger partial charge in [-0.1, -0.05) is 18.2 Å². The zero-order chi connectivity index (χ0) is 13.4. The lowest BCUT2D eigenvalue weighted by Crippen LogP contribution is -2.08. The van der Waals surface area contributed by atoms with E-state index in [0.717, 1.165) is 5.52 Å². The van der Waals surface area contributed by atoms with E-state index >= 15 is 0 Å². The number of anilines is 1. The van der Waals surface area contributed by atoms with Gasteiger partial charge in [0.05, 0.1) is 11.7 Å². The van der Waals surface area contributed by atoms with Gasteiger partial charge >= 0.3 is 0 Å². The lowest BCUT2D eigenvalue weighted by atomic mass is 10.0. The first-order valence-corrected chi connectivity index (χ1v) is 6.35. The van der Waals surface area contributed by atoms with Crippen LogP contribution < -0.4 is 4.90 Å². The average Bonchev–Trinajstić information content (AvgIpc) is 2.80. The predicted octanol–water partition coefficient (Wildman–Crippen LogP) is 3.31. The van der Waals surface area contributed by atoms with Crippen LogP contribution in [-0.4, -0.2) is 23.9 Å². The third-order valence-corrected chi connectivity index (χ3v) is 3.44. The van der Waals surface area contributed by atoms with E-state index in [-0.39, 0.29) is 0 Å². The van der Waals surface area contributed by atoms with E-state index in [4.69, 9.17) is 0 Å². The number of benzene rings is 2. The standard InChI is InChI=1S/C16H17N3/c1-18(2)15-6-4-5-12(10-15)13-7-8-16-14(9-13)11-17-19(16)3/h4-11H,1-3H3. The minimum Gasteiger partial charge on any atom is -0.378 e. The molecule has 3 aromatic rings. The number of fused-ring (bicyclic) bond motifs is 1. The zero-order valence-corrected chi connectivity index (χ0v) is 11.5. The number of hydrogen-bond donors (Lipinski definition) is 0. The van der Waals surface area contributed by atoms with Gasteiger partial charge in [0.2, 0.25) is 0 Å². The molecule has 0 aliphatic heterocycles. The van der Waals surface area contributed by atoms with Crippen LogP contribution in [0.25, 0.3) is 22.0 Å². The third kappa shape index (κ3) is 2.08. The van der Waals surface area contributed by atoms with Gasteiger partial charge in [0.15, 0.2) is 0 Å². The molecule has 0 saturated heterocycles. The monoisotopic (exact) mass is 251 g/mol. The van der Waals surface area contributed by atoms with Gasteiger partial charge in [-0.05, 0) is 35.4 Å². The summed E-state index contributed by atoms with van der Waals surface area (Å²) >= 11 is 0. The Hall–Kier alpha value is -2.29. The largest absolute Gasteiger partial charge is 0.378 e. The van der Waals surface area contributed by atoms with Gasteiger partial charge in [-0.2, -0.15) is 5.10 Å². The van der Waals surface area contributed by atoms with Crippen LogP contribution in [0, 0.1) is 0 Å². The minimum absolute atomic E-state index is 1.16. The van der Waals surface area contributed by atoms with Crippen molar-refractivity contribution in [3.63, 3.8) is 0 Å². The molecule has 0 aliphatic carbocycles. The number of hydrogen-bond acceptors (Lipinski definition) is 2. The first kappa shape index (κ1) is 11.8. The lowest BCUT2D eigenvalue weighted by molar-refractivity contribution is 0.797. The maximum Gasteiger partial charge on any atom is 0.0679 e. The van der Waals surface area contributed by atoms with Gasteiger partial charge in [-0.3, -0.25) is 4.68 Å². The SMILES string of the molecule is CN(C)c1cccc(-c2ccc3c(cnn3C)c2)c1. The Morgan fingerprint density at radius 3 is 2.58 bits per heavy atom. The second kappa shape index (κ2) is 4.43. The molecule has 3 nitrogen and oxygen atoms in total. The average molecular weight is 251 g/mol. The van der Waals surface area contributed by atoms with E-state index in [2.05, 4.69) is 66.6 Å². The first-order chi connectivity index (χ1) is 9.15. The zero-order valence-electron chi connectivity index (χ0n) is 11.5. The Morgan fingerprint density at radius 1 is 1.00 bits per heavy atom. The van der Waals surface area contributed by atoms with E-state index in [1.807, 2.05) is 17.9 Å². The Balaban J connectivity index is 2.10. The Labute approximate surface area is 113 Å². The van der Waals surface area contributed by atoms with Crippen LogP contribution in [0.1, 0.15) is 0 Å². The number of aromatic nitrogens is 2. The predicted molar refractivity (Wildman–Crippen MR) is 80.5 cm³/mol. The summed E-state index contributed by atoms with van der Waals surface area (Å²) in [6, 6.07) is 15.0. The fraction of sp³-hybridized carbons (Fsp3) is 0.188. The van der Waals surface area contributed by atoms with Gasteiger partial charge in [0.25, 0.3) is 0 Å². The highest BCUT2D eigenvalue weighted by atomic mass is 15.2. The van der Waals surface area contributed by atoms with Crippen LogP contribution in [0.15, 0.2) is 48.7 Å². The molecule has 3 heteroatoms. The first-order valence-electron chi connectivity index (χ1n) is 6.35. The van der Waals surface area contributed by atoms with E-state index < -0.39 is 0 Å². The molecule has 1 aromatic heterocycles. The highest BCUT2D eigenvalue weighted by molar-refractivity contribution is 5.85. The number of rotatable bonds is 2. The summed E-state index contributed by atoms with van der Waals surface area (Å²) in [6.45, 7) is 0. The summed E-state index contributed by atoms with van der Waals surface area (Å²) in [5.41, 5.74) is 4.83. The molecule has 0 fully saturated rings. The quantitative estimate of drug-likeness (QED) is 0.696. The maximum absolute atomic E-state index is 4.28. The molecule has 1 heterocycles. The molecular weight excluding hydrogens is 234 g/mol. The fourth-order valence-corrected chi connectivity index (χ4v) is 2.31. The molecule has 0 spiro atoms. The van der Waals surface area contributed by atoms with Crippen molar-refractivity contribution < 1.29 is 0 Å². The summed E-state index contributed by atoms with van der Waals surface area (Å²) < 4.78 is 1.90. The molecule has 2 aromatic carbocycles. The van der Waals surface area contributed by atoms with Crippen molar-refractivity contribution in [2.45, 2.75) is 0 Å². The smallest absolute Gasteiger partial charge is 0.0679 e. The van der Waals surface area contributed by atoms with E-state index in [9.17, 15) is 0 Å². The summed E-state index contributed by atoms with van der Waals surface area (Å²) in [5.74, 6) is 0. The topological polar surface area (TPSA) is 21.1 Å². The summed E-state index contributed by atoms with van der Waals surface area (Å²) in [7, 11) is 6.08. The molecular formula is C16H17N3. The Kier molecular flexibility index (Phi) is 2.75. The summed E-state index contributed by atoms with van der Waals surface area (Å²) in [5, 5.41) is 5.46. The van der Waals surface area contributed by atoms with Gasteiger partial charge in [0.1, 0.15) is 0 Å². The molecule has 0 atom stereocenters. The lowest BCUT2D eigenvalue weighted by Gasteiger charge is -2.13. The molecule has 19 heavy (non-hydrogen) atoms. The van der Waals surface area contributed by atoms with Crippen molar-refractivity contribution in [3.8, 4) is 11.1 Å². The summed E-state index contributed by atoms with van der Waals surface area (Å²) in [6.07, 6.45) is 1.91. The van der Waals surface area contributed by atoms with Crippen molar-refractivity contribution in [1.82, 2.24) is 9.78 Å². The molecule has 0 bridgehead atoms. The molecule has 3 rings (SSSR count). The van der Waals surface area contributed by atoms with E-state index in [1.54, 1.807) is 0 Å². The maximum atomic E-state index is 4.28. The molecule has 0 unspecified atom stereocenters. The van der Waals surface area contributed by atoms with Crippen molar-refractivity contribution in [2.75, 3.05) is 19.0 Å². The molecule has 0 aliphatic rings. The van der Waals surface area contributed by atoms with Crippen LogP contribution in [0.5, 0.6) is 0 Å². The van der Waals surface area contributed by atoms with Crippen LogP contribution >= 0.6 is 0 Å². The molecule has 0 amide bonds. The summed E-state index contributed by atoms with van der Waals surface area (Å²) in [4.78, 5) is 2.12. The van der Waals surface area contributed by atoms with Crippen molar-refractivity contribution >= 4 is 16.6 Å². The van der Waals surface area contributed by atoms with Gasteiger partial charge in [-0.25, -0.2) is 0 Å². The number of aryl methyl sites for hydroxylation is 1. The fourth-order valence-electron chi connectivity index (χ4n) is 2.31. The molecule has 0 N–H and O–H groups in total.